The van der Waals surface area contributed by atoms with E-state index in [2.05, 4.69) is 45.5 Å². The van der Waals surface area contributed by atoms with Gasteiger partial charge in [0.25, 0.3) is 0 Å². The van der Waals surface area contributed by atoms with Crippen molar-refractivity contribution in [2.45, 2.75) is 64.1 Å². The number of terminal acetylenes is 1. The van der Waals surface area contributed by atoms with Crippen LogP contribution in [-0.2, 0) is 9.59 Å². The Morgan fingerprint density at radius 2 is 1.94 bits per heavy atom. The van der Waals surface area contributed by atoms with Gasteiger partial charge in [0, 0.05) is 50.7 Å². The van der Waals surface area contributed by atoms with Crippen LogP contribution in [0.2, 0.25) is 0 Å². The second-order valence-corrected chi connectivity index (χ2v) is 9.92. The molecule has 9 nitrogen and oxygen atoms in total. The molecule has 2 amide bonds. The van der Waals surface area contributed by atoms with Crippen molar-refractivity contribution < 1.29 is 14.3 Å². The van der Waals surface area contributed by atoms with Crippen molar-refractivity contribution in [1.82, 2.24) is 15.5 Å². The van der Waals surface area contributed by atoms with Crippen LogP contribution in [0.25, 0.3) is 0 Å². The highest BCUT2D eigenvalue weighted by atomic mass is 16.5. The van der Waals surface area contributed by atoms with Gasteiger partial charge in [-0.05, 0) is 54.5 Å². The third kappa shape index (κ3) is 5.70. The minimum Gasteiger partial charge on any atom is -0.438 e. The van der Waals surface area contributed by atoms with Gasteiger partial charge < -0.3 is 10.1 Å². The van der Waals surface area contributed by atoms with Crippen LogP contribution in [-0.4, -0.2) is 40.8 Å². The van der Waals surface area contributed by atoms with Gasteiger partial charge in [-0.15, -0.1) is 17.4 Å². The highest BCUT2D eigenvalue weighted by molar-refractivity contribution is 6.01. The Kier molecular flexibility index (Phi) is 7.34. The number of nitrogens with zero attached hydrogens (tertiary/aromatic N) is 5. The maximum absolute atomic E-state index is 13.8. The summed E-state index contributed by atoms with van der Waals surface area (Å²) < 4.78 is 5.76. The first-order valence-electron chi connectivity index (χ1n) is 12.3. The molecule has 0 spiro atoms. The van der Waals surface area contributed by atoms with Crippen LogP contribution in [0.15, 0.2) is 52.8 Å². The molecule has 0 radical (unpaired) electrons. The number of carbonyl (C=O) groups is 2. The van der Waals surface area contributed by atoms with Gasteiger partial charge in [-0.3, -0.25) is 14.5 Å². The fraction of sp³-hybridized carbons (Fsp3) is 0.481. The number of hydrogen-bond donors (Lipinski definition) is 1. The number of carbonyl (C=O) groups excluding carboxylic acids is 2. The van der Waals surface area contributed by atoms with Gasteiger partial charge in [-0.2, -0.15) is 15.3 Å². The Morgan fingerprint density at radius 3 is 2.50 bits per heavy atom. The number of likely N-dealkylation sites (N-methyl/N-ethyl adjacent to an activating group) is 1. The molecule has 2 heterocycles. The Hall–Kier alpha value is -3.80. The summed E-state index contributed by atoms with van der Waals surface area (Å²) in [5, 5.41) is 18.9. The standard InChI is InChI=1S/C27H32N6O3/c1-5-6-16-27(31-32-27)17-15-23(34)33(24(25(35)28-4)26(2,3)19-9-10-19)20-11-13-21(14-12-20)36-22-8-7-18-29-30-22/h1,7-8,11-14,18-19,24H,6,9-10,15-17H2,2-4H3,(H,28,35). The molecule has 188 valence electrons. The molecule has 1 saturated carbocycles. The summed E-state index contributed by atoms with van der Waals surface area (Å²) in [5.41, 5.74) is -0.368. The van der Waals surface area contributed by atoms with E-state index in [1.807, 2.05) is 0 Å². The van der Waals surface area contributed by atoms with Crippen LogP contribution >= 0.6 is 0 Å². The van der Waals surface area contributed by atoms with E-state index in [-0.39, 0.29) is 18.2 Å². The first kappa shape index (κ1) is 25.3. The van der Waals surface area contributed by atoms with Crippen molar-refractivity contribution in [2.75, 3.05) is 11.9 Å². The summed E-state index contributed by atoms with van der Waals surface area (Å²) in [6, 6.07) is 9.87. The molecule has 4 rings (SSSR count). The molecule has 1 aliphatic heterocycles. The zero-order valence-electron chi connectivity index (χ0n) is 21.0. The molecule has 1 N–H and O–H groups in total. The van der Waals surface area contributed by atoms with Crippen molar-refractivity contribution >= 4 is 17.5 Å². The monoisotopic (exact) mass is 488 g/mol. The van der Waals surface area contributed by atoms with E-state index in [1.165, 1.54) is 0 Å². The van der Waals surface area contributed by atoms with Crippen molar-refractivity contribution in [3.8, 4) is 24.0 Å². The lowest BCUT2D eigenvalue weighted by Crippen LogP contribution is -2.57. The van der Waals surface area contributed by atoms with Gasteiger partial charge in [-0.1, -0.05) is 13.8 Å². The van der Waals surface area contributed by atoms with Crippen LogP contribution in [0.1, 0.15) is 52.4 Å². The fourth-order valence-corrected chi connectivity index (χ4v) is 4.65. The number of amides is 2. The number of anilines is 1. The maximum Gasteiger partial charge on any atom is 0.243 e. The van der Waals surface area contributed by atoms with Crippen molar-refractivity contribution in [3.05, 3.63) is 42.6 Å². The molecule has 1 fully saturated rings. The van der Waals surface area contributed by atoms with Gasteiger partial charge in [0.1, 0.15) is 11.8 Å². The van der Waals surface area contributed by atoms with Gasteiger partial charge in [0.15, 0.2) is 5.66 Å². The van der Waals surface area contributed by atoms with E-state index in [0.29, 0.717) is 42.5 Å². The topological polar surface area (TPSA) is 109 Å². The molecular formula is C27H32N6O3. The Morgan fingerprint density at radius 1 is 1.22 bits per heavy atom. The zero-order valence-corrected chi connectivity index (χ0v) is 21.0. The average molecular weight is 489 g/mol. The largest absolute Gasteiger partial charge is 0.438 e. The van der Waals surface area contributed by atoms with Crippen LogP contribution in [0.5, 0.6) is 11.6 Å². The number of hydrogen-bond acceptors (Lipinski definition) is 7. The number of aromatic nitrogens is 2. The third-order valence-electron chi connectivity index (χ3n) is 7.03. The number of rotatable bonds is 12. The van der Waals surface area contributed by atoms with E-state index in [1.54, 1.807) is 54.5 Å². The Balaban J connectivity index is 1.61. The van der Waals surface area contributed by atoms with E-state index in [9.17, 15) is 9.59 Å². The average Bonchev–Trinajstić information content (AvgIpc) is 3.81. The highest BCUT2D eigenvalue weighted by Gasteiger charge is 2.50. The molecular weight excluding hydrogens is 456 g/mol. The van der Waals surface area contributed by atoms with E-state index in [4.69, 9.17) is 11.2 Å². The van der Waals surface area contributed by atoms with Gasteiger partial charge >= 0.3 is 0 Å². The lowest BCUT2D eigenvalue weighted by atomic mass is 9.77. The SMILES string of the molecule is C#CCCC1(CCC(=O)N(c2ccc(Oc3cccnn3)cc2)C(C(=O)NC)C(C)(C)C2CC2)N=N1. The van der Waals surface area contributed by atoms with Gasteiger partial charge in [-0.25, -0.2) is 0 Å². The van der Waals surface area contributed by atoms with Crippen LogP contribution in [0.3, 0.4) is 0 Å². The summed E-state index contributed by atoms with van der Waals surface area (Å²) in [4.78, 5) is 28.7. The molecule has 36 heavy (non-hydrogen) atoms. The smallest absolute Gasteiger partial charge is 0.243 e. The molecule has 0 bridgehead atoms. The minimum absolute atomic E-state index is 0.155. The minimum atomic E-state index is -0.677. The first-order valence-corrected chi connectivity index (χ1v) is 12.3. The Labute approximate surface area is 211 Å². The van der Waals surface area contributed by atoms with Crippen LogP contribution < -0.4 is 15.0 Å². The molecule has 2 aromatic rings. The van der Waals surface area contributed by atoms with Crippen molar-refractivity contribution in [2.24, 2.45) is 21.6 Å². The predicted molar refractivity (Wildman–Crippen MR) is 135 cm³/mol. The molecule has 1 atom stereocenters. The second kappa shape index (κ2) is 10.4. The van der Waals surface area contributed by atoms with Crippen molar-refractivity contribution in [3.63, 3.8) is 0 Å². The molecule has 1 aliphatic carbocycles. The Bertz CT molecular complexity index is 1150. The molecule has 9 heteroatoms. The lowest BCUT2D eigenvalue weighted by molar-refractivity contribution is -0.129. The second-order valence-electron chi connectivity index (χ2n) is 9.92. The fourth-order valence-electron chi connectivity index (χ4n) is 4.65. The lowest BCUT2D eigenvalue weighted by Gasteiger charge is -2.41. The van der Waals surface area contributed by atoms with Gasteiger partial charge in [0.05, 0.1) is 0 Å². The van der Waals surface area contributed by atoms with E-state index < -0.39 is 17.1 Å². The number of benzene rings is 1. The highest BCUT2D eigenvalue weighted by Crippen LogP contribution is 2.49. The number of ether oxygens (including phenoxy) is 1. The molecule has 2 aliphatic rings. The summed E-state index contributed by atoms with van der Waals surface area (Å²) in [6.07, 6.45) is 10.9. The van der Waals surface area contributed by atoms with Crippen LogP contribution in [0, 0.1) is 23.7 Å². The predicted octanol–water partition coefficient (Wildman–Crippen LogP) is 4.51. The van der Waals surface area contributed by atoms with E-state index >= 15 is 0 Å². The number of nitrogens with one attached hydrogen (secondary N) is 1. The molecule has 1 aromatic heterocycles. The summed E-state index contributed by atoms with van der Waals surface area (Å²) in [7, 11) is 1.61. The third-order valence-corrected chi connectivity index (χ3v) is 7.03. The van der Waals surface area contributed by atoms with Gasteiger partial charge in [0.2, 0.25) is 17.7 Å². The van der Waals surface area contributed by atoms with Crippen LogP contribution in [0.4, 0.5) is 5.69 Å². The van der Waals surface area contributed by atoms with E-state index in [0.717, 1.165) is 12.8 Å². The molecule has 1 aromatic carbocycles. The maximum atomic E-state index is 13.8. The quantitative estimate of drug-likeness (QED) is 0.442. The molecule has 0 saturated heterocycles. The summed E-state index contributed by atoms with van der Waals surface area (Å²) in [5.74, 6) is 3.55. The van der Waals surface area contributed by atoms with Crippen molar-refractivity contribution in [1.29, 1.82) is 0 Å². The first-order chi connectivity index (χ1) is 17.3. The summed E-state index contributed by atoms with van der Waals surface area (Å²) in [6.45, 7) is 4.13. The molecule has 1 unspecified atom stereocenters. The normalized spacial score (nSPS) is 16.5. The zero-order chi connectivity index (χ0) is 25.8. The summed E-state index contributed by atoms with van der Waals surface area (Å²) >= 11 is 0.